The molecule has 0 radical (unpaired) electrons. The molecule has 0 unspecified atom stereocenters. The Morgan fingerprint density at radius 3 is 2.47 bits per heavy atom. The van der Waals surface area contributed by atoms with Gasteiger partial charge in [-0.15, -0.1) is 0 Å². The summed E-state index contributed by atoms with van der Waals surface area (Å²) in [6.07, 6.45) is 2.85. The molecule has 4 aromatic rings. The molecule has 0 aliphatic heterocycles. The highest BCUT2D eigenvalue weighted by Gasteiger charge is 2.18. The van der Waals surface area contributed by atoms with Crippen molar-refractivity contribution in [2.75, 3.05) is 10.0 Å². The molecule has 0 fully saturated rings. The molecular formula is C24H21ClN6O3S2. The van der Waals surface area contributed by atoms with Gasteiger partial charge >= 0.3 is 0 Å². The van der Waals surface area contributed by atoms with E-state index in [9.17, 15) is 13.2 Å². The molecule has 0 saturated carbocycles. The van der Waals surface area contributed by atoms with Gasteiger partial charge in [-0.25, -0.2) is 33.1 Å². The second kappa shape index (κ2) is 11.0. The van der Waals surface area contributed by atoms with Crippen LogP contribution in [0.1, 0.15) is 27.3 Å². The summed E-state index contributed by atoms with van der Waals surface area (Å²) in [4.78, 5) is 29.3. The van der Waals surface area contributed by atoms with E-state index >= 15 is 0 Å². The largest absolute Gasteiger partial charge is 0.321 e. The van der Waals surface area contributed by atoms with Gasteiger partial charge in [-0.1, -0.05) is 47.6 Å². The number of rotatable bonds is 8. The predicted molar refractivity (Wildman–Crippen MR) is 140 cm³/mol. The first kappa shape index (κ1) is 25.5. The van der Waals surface area contributed by atoms with Crippen molar-refractivity contribution in [2.45, 2.75) is 29.7 Å². The number of anilines is 2. The zero-order valence-electron chi connectivity index (χ0n) is 19.3. The van der Waals surface area contributed by atoms with Crippen molar-refractivity contribution in [3.63, 3.8) is 0 Å². The normalized spacial score (nSPS) is 11.2. The van der Waals surface area contributed by atoms with Crippen molar-refractivity contribution in [3.8, 4) is 0 Å². The molecule has 0 spiro atoms. The lowest BCUT2D eigenvalue weighted by atomic mass is 10.1. The molecule has 184 valence electrons. The molecule has 36 heavy (non-hydrogen) atoms. The third kappa shape index (κ3) is 6.36. The monoisotopic (exact) mass is 540 g/mol. The van der Waals surface area contributed by atoms with Crippen LogP contribution in [0.5, 0.6) is 0 Å². The van der Waals surface area contributed by atoms with Gasteiger partial charge in [0.2, 0.25) is 5.95 Å². The first-order valence-corrected chi connectivity index (χ1v) is 13.5. The lowest BCUT2D eigenvalue weighted by molar-refractivity contribution is 0.102. The Labute approximate surface area is 217 Å². The minimum absolute atomic E-state index is 0.0134. The number of nitrogens with one attached hydrogen (secondary N) is 2. The second-order valence-corrected chi connectivity index (χ2v) is 10.7. The van der Waals surface area contributed by atoms with Gasteiger partial charge in [-0.2, -0.15) is 0 Å². The summed E-state index contributed by atoms with van der Waals surface area (Å²) < 4.78 is 27.6. The Balaban J connectivity index is 1.44. The number of amides is 1. The van der Waals surface area contributed by atoms with Gasteiger partial charge < -0.3 is 5.32 Å². The topological polar surface area (TPSA) is 127 Å². The van der Waals surface area contributed by atoms with E-state index in [1.807, 2.05) is 31.2 Å². The fraction of sp³-hybridized carbons (Fsp3) is 0.125. The number of thioether (sulfide) groups is 1. The molecule has 0 aliphatic rings. The molecule has 0 aliphatic carbocycles. The average molecular weight is 541 g/mol. The van der Waals surface area contributed by atoms with Gasteiger partial charge in [-0.3, -0.25) is 4.79 Å². The highest BCUT2D eigenvalue weighted by atomic mass is 35.5. The van der Waals surface area contributed by atoms with E-state index in [-0.39, 0.29) is 21.6 Å². The van der Waals surface area contributed by atoms with E-state index < -0.39 is 15.9 Å². The van der Waals surface area contributed by atoms with Crippen LogP contribution in [-0.4, -0.2) is 34.3 Å². The Morgan fingerprint density at radius 1 is 1.00 bits per heavy atom. The summed E-state index contributed by atoms with van der Waals surface area (Å²) in [5.41, 5.74) is 3.32. The lowest BCUT2D eigenvalue weighted by Gasteiger charge is -2.10. The minimum Gasteiger partial charge on any atom is -0.321 e. The smallest absolute Gasteiger partial charge is 0.275 e. The molecule has 1 amide bonds. The third-order valence-corrected chi connectivity index (χ3v) is 7.53. The van der Waals surface area contributed by atoms with Crippen molar-refractivity contribution >= 4 is 50.9 Å². The van der Waals surface area contributed by atoms with Crippen LogP contribution in [0.4, 0.5) is 11.6 Å². The van der Waals surface area contributed by atoms with Gasteiger partial charge in [0.25, 0.3) is 15.9 Å². The molecule has 0 saturated heterocycles. The molecule has 4 rings (SSSR count). The Kier molecular flexibility index (Phi) is 7.82. The highest BCUT2D eigenvalue weighted by molar-refractivity contribution is 7.98. The second-order valence-electron chi connectivity index (χ2n) is 7.67. The number of nitrogens with zero attached hydrogens (tertiary/aromatic N) is 4. The number of aryl methyl sites for hydroxylation is 2. The number of hydrogen-bond donors (Lipinski definition) is 2. The first-order valence-electron chi connectivity index (χ1n) is 10.6. The van der Waals surface area contributed by atoms with E-state index in [0.29, 0.717) is 22.3 Å². The van der Waals surface area contributed by atoms with Crippen LogP contribution >= 0.6 is 23.4 Å². The van der Waals surface area contributed by atoms with Gasteiger partial charge in [0, 0.05) is 23.3 Å². The van der Waals surface area contributed by atoms with Crippen LogP contribution in [0, 0.1) is 13.8 Å². The van der Waals surface area contributed by atoms with Crippen LogP contribution < -0.4 is 10.0 Å². The number of carbonyl (C=O) groups is 1. The number of benzene rings is 2. The maximum absolute atomic E-state index is 12.8. The molecule has 2 aromatic carbocycles. The number of sulfonamides is 1. The summed E-state index contributed by atoms with van der Waals surface area (Å²) in [5, 5.41) is 3.20. The Morgan fingerprint density at radius 2 is 1.75 bits per heavy atom. The van der Waals surface area contributed by atoms with Crippen molar-refractivity contribution < 1.29 is 13.2 Å². The quantitative estimate of drug-likeness (QED) is 0.239. The van der Waals surface area contributed by atoms with E-state index in [0.717, 1.165) is 11.1 Å². The van der Waals surface area contributed by atoms with Gasteiger partial charge in [0.1, 0.15) is 0 Å². The Bertz CT molecular complexity index is 1510. The van der Waals surface area contributed by atoms with Crippen molar-refractivity contribution in [1.82, 2.24) is 19.9 Å². The average Bonchev–Trinajstić information content (AvgIpc) is 2.84. The van der Waals surface area contributed by atoms with Crippen LogP contribution in [0.2, 0.25) is 5.02 Å². The van der Waals surface area contributed by atoms with Gasteiger partial charge in [0.15, 0.2) is 10.9 Å². The zero-order chi connectivity index (χ0) is 25.7. The Hall–Kier alpha value is -3.54. The van der Waals surface area contributed by atoms with Crippen LogP contribution in [0.25, 0.3) is 0 Å². The number of aromatic nitrogens is 4. The van der Waals surface area contributed by atoms with Crippen LogP contribution in [0.15, 0.2) is 77.0 Å². The fourth-order valence-corrected chi connectivity index (χ4v) is 5.10. The highest BCUT2D eigenvalue weighted by Crippen LogP contribution is 2.24. The molecule has 12 heteroatoms. The van der Waals surface area contributed by atoms with Crippen molar-refractivity contribution in [2.24, 2.45) is 0 Å². The summed E-state index contributed by atoms with van der Waals surface area (Å²) >= 11 is 7.57. The summed E-state index contributed by atoms with van der Waals surface area (Å²) in [6, 6.07) is 15.3. The SMILES string of the molecule is Cc1ccnc(NS(=O)(=O)c2ccc(NC(=O)c3nc(SCc4ccccc4C)ncc3Cl)cc2)n1. The predicted octanol–water partition coefficient (Wildman–Crippen LogP) is 4.88. The number of halogens is 1. The molecular weight excluding hydrogens is 520 g/mol. The zero-order valence-corrected chi connectivity index (χ0v) is 21.7. The molecule has 0 bridgehead atoms. The molecule has 9 nitrogen and oxygen atoms in total. The number of hydrogen-bond acceptors (Lipinski definition) is 8. The standard InChI is InChI=1S/C24H21ClN6O3S2/c1-15-5-3-4-6-17(15)14-35-24-27-13-20(25)21(30-24)22(32)29-18-7-9-19(10-8-18)36(33,34)31-23-26-12-11-16(2)28-23/h3-13H,14H2,1-2H3,(H,29,32)(H,26,28,31). The van der Waals surface area contributed by atoms with E-state index in [2.05, 4.69) is 30.0 Å². The fourth-order valence-electron chi connectivity index (χ4n) is 3.08. The van der Waals surface area contributed by atoms with Gasteiger partial charge in [-0.05, 0) is 55.3 Å². The molecule has 2 aromatic heterocycles. The number of carbonyl (C=O) groups excluding carboxylic acids is 1. The summed E-state index contributed by atoms with van der Waals surface area (Å²) in [7, 11) is -3.90. The molecule has 2 heterocycles. The van der Waals surface area contributed by atoms with Crippen molar-refractivity contribution in [1.29, 1.82) is 0 Å². The molecule has 0 atom stereocenters. The summed E-state index contributed by atoms with van der Waals surface area (Å²) in [5.74, 6) is 0.0799. The van der Waals surface area contributed by atoms with E-state index in [1.54, 1.807) is 13.0 Å². The lowest BCUT2D eigenvalue weighted by Crippen LogP contribution is -2.16. The van der Waals surface area contributed by atoms with E-state index in [4.69, 9.17) is 11.6 Å². The van der Waals surface area contributed by atoms with E-state index in [1.165, 1.54) is 48.4 Å². The third-order valence-electron chi connectivity index (χ3n) is 5.00. The first-order chi connectivity index (χ1) is 17.2. The van der Waals surface area contributed by atoms with Crippen LogP contribution in [0.3, 0.4) is 0 Å². The summed E-state index contributed by atoms with van der Waals surface area (Å²) in [6.45, 7) is 3.76. The van der Waals surface area contributed by atoms with Crippen molar-refractivity contribution in [3.05, 3.63) is 94.5 Å². The maximum Gasteiger partial charge on any atom is 0.275 e. The minimum atomic E-state index is -3.90. The van der Waals surface area contributed by atoms with Gasteiger partial charge in [0.05, 0.1) is 16.1 Å². The van der Waals surface area contributed by atoms with Crippen LogP contribution in [-0.2, 0) is 15.8 Å². The molecule has 2 N–H and O–H groups in total. The maximum atomic E-state index is 12.8.